The molecule has 0 amide bonds. The Hall–Kier alpha value is -1.92. The van der Waals surface area contributed by atoms with Crippen LogP contribution in [0.15, 0.2) is 53.6 Å². The lowest BCUT2D eigenvalue weighted by Gasteiger charge is -2.17. The average molecular weight is 305 g/mol. The lowest BCUT2D eigenvalue weighted by Crippen LogP contribution is -2.24. The van der Waals surface area contributed by atoms with Gasteiger partial charge in [-0.2, -0.15) is 0 Å². The van der Waals surface area contributed by atoms with Crippen LogP contribution in [0.25, 0.3) is 0 Å². The van der Waals surface area contributed by atoms with Crippen molar-refractivity contribution in [3.8, 4) is 0 Å². The first-order chi connectivity index (χ1) is 10.0. The van der Waals surface area contributed by atoms with Crippen molar-refractivity contribution in [3.05, 3.63) is 54.4 Å². The van der Waals surface area contributed by atoms with E-state index in [9.17, 15) is 8.42 Å². The van der Waals surface area contributed by atoms with E-state index in [2.05, 4.69) is 15.0 Å². The Bertz CT molecular complexity index is 687. The van der Waals surface area contributed by atoms with Crippen molar-refractivity contribution in [1.29, 1.82) is 0 Å². The number of hydrogen-bond donors (Lipinski definition) is 2. The highest BCUT2D eigenvalue weighted by Gasteiger charge is 2.18. The predicted molar refractivity (Wildman–Crippen MR) is 83.6 cm³/mol. The number of hydrogen-bond acceptors (Lipinski definition) is 4. The molecule has 112 valence electrons. The maximum absolute atomic E-state index is 12.2. The molecule has 2 rings (SSSR count). The first-order valence-electron chi connectivity index (χ1n) is 6.80. The maximum atomic E-state index is 12.2. The Morgan fingerprint density at radius 2 is 1.86 bits per heavy atom. The molecule has 0 radical (unpaired) electrons. The van der Waals surface area contributed by atoms with E-state index < -0.39 is 10.0 Å². The van der Waals surface area contributed by atoms with Gasteiger partial charge in [-0.25, -0.2) is 13.1 Å². The molecule has 0 fully saturated rings. The Kier molecular flexibility index (Phi) is 4.93. The quantitative estimate of drug-likeness (QED) is 0.860. The van der Waals surface area contributed by atoms with E-state index in [1.165, 1.54) is 0 Å². The van der Waals surface area contributed by atoms with Crippen LogP contribution in [0.2, 0.25) is 0 Å². The fraction of sp³-hybridized carbons (Fsp3) is 0.267. The predicted octanol–water partition coefficient (Wildman–Crippen LogP) is 2.55. The second-order valence-electron chi connectivity index (χ2n) is 4.62. The zero-order valence-electron chi connectivity index (χ0n) is 12.1. The van der Waals surface area contributed by atoms with Gasteiger partial charge in [0.25, 0.3) is 0 Å². The molecule has 0 aliphatic carbocycles. The fourth-order valence-electron chi connectivity index (χ4n) is 2.03. The third-order valence-corrected chi connectivity index (χ3v) is 4.62. The van der Waals surface area contributed by atoms with Crippen LogP contribution in [0.3, 0.4) is 0 Å². The normalized spacial score (nSPS) is 12.9. The van der Waals surface area contributed by atoms with E-state index in [0.29, 0.717) is 12.2 Å². The monoisotopic (exact) mass is 305 g/mol. The third kappa shape index (κ3) is 3.80. The van der Waals surface area contributed by atoms with Gasteiger partial charge >= 0.3 is 0 Å². The van der Waals surface area contributed by atoms with Gasteiger partial charge in [0.2, 0.25) is 10.0 Å². The Balaban J connectivity index is 2.29. The number of anilines is 1. The Labute approximate surface area is 125 Å². The number of aromatic nitrogens is 1. The summed E-state index contributed by atoms with van der Waals surface area (Å²) in [6.07, 6.45) is 1.72. The maximum Gasteiger partial charge on any atom is 0.242 e. The third-order valence-electron chi connectivity index (χ3n) is 3.01. The van der Waals surface area contributed by atoms with Gasteiger partial charge in [0.15, 0.2) is 0 Å². The number of benzene rings is 1. The largest absolute Gasteiger partial charge is 0.376 e. The first kappa shape index (κ1) is 15.5. The number of pyridine rings is 1. The number of nitrogens with one attached hydrogen (secondary N) is 2. The number of rotatable bonds is 6. The van der Waals surface area contributed by atoms with Gasteiger partial charge in [-0.3, -0.25) is 4.98 Å². The van der Waals surface area contributed by atoms with E-state index in [4.69, 9.17) is 0 Å². The second-order valence-corrected chi connectivity index (χ2v) is 6.35. The summed E-state index contributed by atoms with van der Waals surface area (Å²) in [6, 6.07) is 12.4. The minimum atomic E-state index is -3.50. The first-order valence-corrected chi connectivity index (χ1v) is 8.29. The molecule has 0 saturated heterocycles. The molecule has 2 N–H and O–H groups in total. The van der Waals surface area contributed by atoms with E-state index in [1.807, 2.05) is 25.1 Å². The van der Waals surface area contributed by atoms with E-state index in [-0.39, 0.29) is 10.9 Å². The van der Waals surface area contributed by atoms with Crippen molar-refractivity contribution in [1.82, 2.24) is 9.71 Å². The summed E-state index contributed by atoms with van der Waals surface area (Å²) in [5.74, 6) is 0. The zero-order valence-corrected chi connectivity index (χ0v) is 12.9. The Morgan fingerprint density at radius 3 is 2.52 bits per heavy atom. The molecular formula is C15H19N3O2S. The summed E-state index contributed by atoms with van der Waals surface area (Å²) in [5, 5.41) is 3.21. The van der Waals surface area contributed by atoms with Crippen molar-refractivity contribution < 1.29 is 8.42 Å². The van der Waals surface area contributed by atoms with Gasteiger partial charge < -0.3 is 5.32 Å². The summed E-state index contributed by atoms with van der Waals surface area (Å²) >= 11 is 0. The van der Waals surface area contributed by atoms with Crippen LogP contribution < -0.4 is 10.0 Å². The Morgan fingerprint density at radius 1 is 1.14 bits per heavy atom. The molecule has 0 bridgehead atoms. The van der Waals surface area contributed by atoms with Crippen LogP contribution >= 0.6 is 0 Å². The van der Waals surface area contributed by atoms with Crippen molar-refractivity contribution in [2.75, 3.05) is 11.9 Å². The van der Waals surface area contributed by atoms with E-state index >= 15 is 0 Å². The second kappa shape index (κ2) is 6.69. The van der Waals surface area contributed by atoms with Gasteiger partial charge in [0.05, 0.1) is 17.4 Å². The summed E-state index contributed by atoms with van der Waals surface area (Å²) in [5.41, 5.74) is 1.42. The highest BCUT2D eigenvalue weighted by atomic mass is 32.2. The molecule has 2 aromatic rings. The number of sulfonamides is 1. The number of nitrogens with zero attached hydrogens (tertiary/aromatic N) is 1. The molecule has 1 unspecified atom stereocenters. The average Bonchev–Trinajstić information content (AvgIpc) is 2.48. The van der Waals surface area contributed by atoms with Crippen molar-refractivity contribution in [3.63, 3.8) is 0 Å². The molecule has 6 heteroatoms. The minimum absolute atomic E-state index is 0.0934. The van der Waals surface area contributed by atoms with Crippen molar-refractivity contribution >= 4 is 15.7 Å². The molecule has 1 heterocycles. The van der Waals surface area contributed by atoms with Gasteiger partial charge in [-0.1, -0.05) is 25.1 Å². The smallest absolute Gasteiger partial charge is 0.242 e. The highest BCUT2D eigenvalue weighted by Crippen LogP contribution is 2.24. The van der Waals surface area contributed by atoms with E-state index in [0.717, 1.165) is 5.69 Å². The highest BCUT2D eigenvalue weighted by molar-refractivity contribution is 7.89. The summed E-state index contributed by atoms with van der Waals surface area (Å²) < 4.78 is 26.9. The summed E-state index contributed by atoms with van der Waals surface area (Å²) in [6.45, 7) is 4.05. The van der Waals surface area contributed by atoms with Crippen LogP contribution in [-0.2, 0) is 10.0 Å². The number of para-hydroxylation sites is 1. The molecule has 0 saturated carbocycles. The van der Waals surface area contributed by atoms with Gasteiger partial charge in [-0.05, 0) is 31.2 Å². The topological polar surface area (TPSA) is 71.1 Å². The van der Waals surface area contributed by atoms with Crippen LogP contribution in [0, 0.1) is 0 Å². The summed E-state index contributed by atoms with van der Waals surface area (Å²) in [7, 11) is -3.50. The molecule has 0 aliphatic rings. The minimum Gasteiger partial charge on any atom is -0.376 e. The van der Waals surface area contributed by atoms with Gasteiger partial charge in [0, 0.05) is 12.7 Å². The van der Waals surface area contributed by atoms with Crippen LogP contribution in [-0.4, -0.2) is 19.9 Å². The molecule has 1 aromatic heterocycles. The van der Waals surface area contributed by atoms with Crippen molar-refractivity contribution in [2.45, 2.75) is 24.8 Å². The zero-order chi connectivity index (χ0) is 15.3. The summed E-state index contributed by atoms with van der Waals surface area (Å²) in [4.78, 5) is 4.52. The van der Waals surface area contributed by atoms with Crippen LogP contribution in [0.5, 0.6) is 0 Å². The molecule has 5 nitrogen and oxygen atoms in total. The fourth-order valence-corrected chi connectivity index (χ4v) is 3.24. The lowest BCUT2D eigenvalue weighted by atomic mass is 10.2. The molecule has 1 atom stereocenters. The SMILES string of the molecule is CCNS(=O)(=O)c1ccccc1NC(C)c1ccccn1. The van der Waals surface area contributed by atoms with Gasteiger partial charge in [-0.15, -0.1) is 0 Å². The lowest BCUT2D eigenvalue weighted by molar-refractivity contribution is 0.584. The van der Waals surface area contributed by atoms with E-state index in [1.54, 1.807) is 37.4 Å². The molecule has 0 spiro atoms. The van der Waals surface area contributed by atoms with Crippen LogP contribution in [0.4, 0.5) is 5.69 Å². The van der Waals surface area contributed by atoms with Crippen molar-refractivity contribution in [2.24, 2.45) is 0 Å². The molecular weight excluding hydrogens is 286 g/mol. The molecule has 1 aromatic carbocycles. The standard InChI is InChI=1S/C15H19N3O2S/c1-3-17-21(19,20)15-10-5-4-9-14(15)18-12(2)13-8-6-7-11-16-13/h4-12,17-18H,3H2,1-2H3. The molecule has 21 heavy (non-hydrogen) atoms. The molecule has 0 aliphatic heterocycles. The van der Waals surface area contributed by atoms with Crippen LogP contribution in [0.1, 0.15) is 25.6 Å². The van der Waals surface area contributed by atoms with Gasteiger partial charge in [0.1, 0.15) is 4.90 Å².